The third-order valence-electron chi connectivity index (χ3n) is 7.03. The molecule has 190 valence electrons. The van der Waals surface area contributed by atoms with E-state index in [1.165, 1.54) is 4.57 Å². The maximum Gasteiger partial charge on any atom is 0.262 e. The van der Waals surface area contributed by atoms with Crippen LogP contribution in [-0.4, -0.2) is 78.2 Å². The number of hydrogen-bond acceptors (Lipinski definition) is 6. The van der Waals surface area contributed by atoms with Gasteiger partial charge >= 0.3 is 0 Å². The second-order valence-electron chi connectivity index (χ2n) is 9.97. The van der Waals surface area contributed by atoms with Crippen molar-refractivity contribution in [3.63, 3.8) is 0 Å². The van der Waals surface area contributed by atoms with Crippen molar-refractivity contribution < 1.29 is 9.53 Å². The van der Waals surface area contributed by atoms with Gasteiger partial charge in [0.05, 0.1) is 17.5 Å². The van der Waals surface area contributed by atoms with Crippen LogP contribution in [-0.2, 0) is 11.3 Å². The molecule has 1 amide bonds. The van der Waals surface area contributed by atoms with Crippen LogP contribution in [0.15, 0.2) is 53.3 Å². The number of nitrogens with one attached hydrogen (secondary N) is 1. The minimum atomic E-state index is -0.233. The number of hydrogen-bond donors (Lipinski definition) is 1. The number of amides is 1. The van der Waals surface area contributed by atoms with E-state index in [2.05, 4.69) is 22.2 Å². The van der Waals surface area contributed by atoms with E-state index in [1.54, 1.807) is 6.07 Å². The minimum absolute atomic E-state index is 0.0607. The Kier molecular flexibility index (Phi) is 7.63. The second-order valence-corrected chi connectivity index (χ2v) is 9.97. The highest BCUT2D eigenvalue weighted by atomic mass is 16.5. The lowest BCUT2D eigenvalue weighted by molar-refractivity contribution is -0.121. The molecular formula is C28H35N5O3. The quantitative estimate of drug-likeness (QED) is 0.441. The summed E-state index contributed by atoms with van der Waals surface area (Å²) in [5, 5.41) is 3.42. The van der Waals surface area contributed by atoms with E-state index < -0.39 is 0 Å². The maximum atomic E-state index is 13.6. The van der Waals surface area contributed by atoms with Crippen molar-refractivity contribution in [3.05, 3.63) is 58.9 Å². The topological polar surface area (TPSA) is 79.7 Å². The fraction of sp³-hybridized carbons (Fsp3) is 0.464. The lowest BCUT2D eigenvalue weighted by atomic mass is 10.1. The van der Waals surface area contributed by atoms with Gasteiger partial charge in [-0.1, -0.05) is 30.3 Å². The molecule has 0 spiro atoms. The van der Waals surface area contributed by atoms with Crippen LogP contribution in [0.3, 0.4) is 0 Å². The predicted molar refractivity (Wildman–Crippen MR) is 141 cm³/mol. The summed E-state index contributed by atoms with van der Waals surface area (Å²) in [7, 11) is 2.16. The molecule has 0 unspecified atom stereocenters. The Bertz CT molecular complexity index is 1250. The lowest BCUT2D eigenvalue weighted by Gasteiger charge is -2.32. The molecule has 2 heterocycles. The number of ether oxygens (including phenoxy) is 1. The summed E-state index contributed by atoms with van der Waals surface area (Å²) in [5.74, 6) is 1.55. The van der Waals surface area contributed by atoms with Crippen molar-refractivity contribution in [3.8, 4) is 17.1 Å². The van der Waals surface area contributed by atoms with Gasteiger partial charge in [-0.15, -0.1) is 0 Å². The molecule has 0 atom stereocenters. The monoisotopic (exact) mass is 489 g/mol. The van der Waals surface area contributed by atoms with Crippen LogP contribution in [0.25, 0.3) is 22.3 Å². The van der Waals surface area contributed by atoms with Crippen molar-refractivity contribution >= 4 is 16.8 Å². The van der Waals surface area contributed by atoms with E-state index >= 15 is 0 Å². The molecule has 1 aliphatic heterocycles. The van der Waals surface area contributed by atoms with Gasteiger partial charge in [-0.25, -0.2) is 4.98 Å². The average molecular weight is 490 g/mol. The van der Waals surface area contributed by atoms with E-state index in [1.807, 2.05) is 42.5 Å². The van der Waals surface area contributed by atoms with Crippen LogP contribution >= 0.6 is 0 Å². The summed E-state index contributed by atoms with van der Waals surface area (Å²) in [6.07, 6.45) is 3.24. The first-order valence-corrected chi connectivity index (χ1v) is 13.0. The molecule has 2 aromatic carbocycles. The van der Waals surface area contributed by atoms with E-state index in [4.69, 9.17) is 9.72 Å². The molecule has 1 saturated carbocycles. The highest BCUT2D eigenvalue weighted by Gasteiger charge is 2.22. The number of carbonyl (C=O) groups excluding carboxylic acids is 1. The van der Waals surface area contributed by atoms with Crippen molar-refractivity contribution in [1.29, 1.82) is 0 Å². The largest absolute Gasteiger partial charge is 0.494 e. The number of benzene rings is 2. The molecule has 0 bridgehead atoms. The van der Waals surface area contributed by atoms with Crippen LogP contribution in [0.2, 0.25) is 0 Å². The standard InChI is InChI=1S/C28H35N5O3/c1-31-13-15-32(16-14-31)12-5-17-36-23-10-11-25-24(18-23)28(35)33(20-26(34)29-19-21-8-9-21)27(30-25)22-6-3-2-4-7-22/h2-4,6-7,10-11,18,21H,5,8-9,12-17,19-20H2,1H3,(H,29,34). The van der Waals surface area contributed by atoms with Crippen molar-refractivity contribution in [2.75, 3.05) is 52.9 Å². The van der Waals surface area contributed by atoms with Gasteiger partial charge in [0.25, 0.3) is 5.56 Å². The summed E-state index contributed by atoms with van der Waals surface area (Å²) in [5.41, 5.74) is 1.16. The van der Waals surface area contributed by atoms with Gasteiger partial charge in [0.15, 0.2) is 0 Å². The van der Waals surface area contributed by atoms with Crippen LogP contribution in [0.4, 0.5) is 0 Å². The zero-order valence-corrected chi connectivity index (χ0v) is 21.0. The number of fused-ring (bicyclic) bond motifs is 1. The third-order valence-corrected chi connectivity index (χ3v) is 7.03. The van der Waals surface area contributed by atoms with Gasteiger partial charge in [-0.2, -0.15) is 0 Å². The smallest absolute Gasteiger partial charge is 0.262 e. The number of aromatic nitrogens is 2. The highest BCUT2D eigenvalue weighted by Crippen LogP contribution is 2.27. The molecule has 1 N–H and O–H groups in total. The Hall–Kier alpha value is -3.23. The summed E-state index contributed by atoms with van der Waals surface area (Å²) in [4.78, 5) is 35.9. The Labute approximate surface area is 211 Å². The van der Waals surface area contributed by atoms with Gasteiger partial charge in [0.1, 0.15) is 18.1 Å². The maximum absolute atomic E-state index is 13.6. The molecule has 5 rings (SSSR count). The van der Waals surface area contributed by atoms with Crippen molar-refractivity contribution in [1.82, 2.24) is 24.7 Å². The first-order valence-electron chi connectivity index (χ1n) is 13.0. The van der Waals surface area contributed by atoms with E-state index in [-0.39, 0.29) is 18.0 Å². The molecule has 36 heavy (non-hydrogen) atoms. The zero-order chi connectivity index (χ0) is 24.9. The summed E-state index contributed by atoms with van der Waals surface area (Å²) in [6.45, 7) is 6.60. The third kappa shape index (κ3) is 6.12. The molecule has 3 aromatic rings. The fourth-order valence-electron chi connectivity index (χ4n) is 4.57. The number of carbonyl (C=O) groups is 1. The second kappa shape index (κ2) is 11.2. The minimum Gasteiger partial charge on any atom is -0.494 e. The molecule has 0 radical (unpaired) electrons. The predicted octanol–water partition coefficient (Wildman–Crippen LogP) is 2.61. The van der Waals surface area contributed by atoms with E-state index in [0.29, 0.717) is 41.5 Å². The molecule has 8 heteroatoms. The Morgan fingerprint density at radius 3 is 2.61 bits per heavy atom. The molecule has 1 saturated heterocycles. The van der Waals surface area contributed by atoms with Gasteiger partial charge in [0.2, 0.25) is 5.91 Å². The molecule has 1 aliphatic carbocycles. The van der Waals surface area contributed by atoms with Crippen molar-refractivity contribution in [2.24, 2.45) is 5.92 Å². The molecule has 2 aliphatic rings. The number of piperazine rings is 1. The van der Waals surface area contributed by atoms with E-state index in [0.717, 1.165) is 57.5 Å². The molecule has 1 aromatic heterocycles. The van der Waals surface area contributed by atoms with Gasteiger partial charge in [-0.3, -0.25) is 14.2 Å². The molecule has 2 fully saturated rings. The van der Waals surface area contributed by atoms with Crippen LogP contribution < -0.4 is 15.6 Å². The summed E-state index contributed by atoms with van der Waals surface area (Å²) >= 11 is 0. The van der Waals surface area contributed by atoms with Gasteiger partial charge < -0.3 is 19.9 Å². The van der Waals surface area contributed by atoms with Gasteiger partial charge in [0, 0.05) is 44.8 Å². The SMILES string of the molecule is CN1CCN(CCCOc2ccc3nc(-c4ccccc4)n(CC(=O)NCC4CC4)c(=O)c3c2)CC1. The molecular weight excluding hydrogens is 454 g/mol. The normalized spacial score (nSPS) is 16.8. The van der Waals surface area contributed by atoms with Crippen LogP contribution in [0, 0.1) is 5.92 Å². The first-order chi connectivity index (χ1) is 17.6. The first kappa shape index (κ1) is 24.5. The van der Waals surface area contributed by atoms with Crippen molar-refractivity contribution in [2.45, 2.75) is 25.8 Å². The Morgan fingerprint density at radius 2 is 1.86 bits per heavy atom. The molecule has 8 nitrogen and oxygen atoms in total. The number of rotatable bonds is 10. The number of nitrogens with zero attached hydrogens (tertiary/aromatic N) is 4. The summed E-state index contributed by atoms with van der Waals surface area (Å²) in [6, 6.07) is 15.0. The summed E-state index contributed by atoms with van der Waals surface area (Å²) < 4.78 is 7.48. The average Bonchev–Trinajstić information content (AvgIpc) is 3.73. The lowest BCUT2D eigenvalue weighted by Crippen LogP contribution is -2.44. The Morgan fingerprint density at radius 1 is 1.08 bits per heavy atom. The fourth-order valence-corrected chi connectivity index (χ4v) is 4.57. The van der Waals surface area contributed by atoms with E-state index in [9.17, 15) is 9.59 Å². The Balaban J connectivity index is 1.33. The highest BCUT2D eigenvalue weighted by molar-refractivity contribution is 5.82. The van der Waals surface area contributed by atoms with Crippen LogP contribution in [0.1, 0.15) is 19.3 Å². The van der Waals surface area contributed by atoms with Gasteiger partial charge in [-0.05, 0) is 50.4 Å². The number of likely N-dealkylation sites (N-methyl/N-ethyl adjacent to an activating group) is 1. The van der Waals surface area contributed by atoms with Crippen LogP contribution in [0.5, 0.6) is 5.75 Å². The zero-order valence-electron chi connectivity index (χ0n) is 21.0.